The van der Waals surface area contributed by atoms with E-state index >= 15 is 0 Å². The van der Waals surface area contributed by atoms with E-state index in [0.717, 1.165) is 6.07 Å². The van der Waals surface area contributed by atoms with Crippen molar-refractivity contribution in [1.82, 2.24) is 4.72 Å². The average molecular weight is 317 g/mol. The van der Waals surface area contributed by atoms with Gasteiger partial charge in [-0.2, -0.15) is 0 Å². The third kappa shape index (κ3) is 5.09. The van der Waals surface area contributed by atoms with Gasteiger partial charge in [0.1, 0.15) is 10.7 Å². The molecule has 0 spiro atoms. The number of nitrogens with one attached hydrogen (secondary N) is 1. The minimum atomic E-state index is -4.06. The monoisotopic (exact) mass is 317 g/mol. The molecular weight excluding hydrogens is 297 g/mol. The Kier molecular flexibility index (Phi) is 5.86. The van der Waals surface area contributed by atoms with Crippen LogP contribution in [0.2, 0.25) is 0 Å². The van der Waals surface area contributed by atoms with E-state index < -0.39 is 32.6 Å². The van der Waals surface area contributed by atoms with Gasteiger partial charge >= 0.3 is 5.97 Å². The first kappa shape index (κ1) is 17.6. The van der Waals surface area contributed by atoms with E-state index in [9.17, 15) is 17.6 Å². The number of carboxylic acids is 1. The van der Waals surface area contributed by atoms with Gasteiger partial charge in [-0.05, 0) is 37.0 Å². The van der Waals surface area contributed by atoms with Crippen LogP contribution >= 0.6 is 0 Å². The van der Waals surface area contributed by atoms with Gasteiger partial charge in [0.05, 0.1) is 5.92 Å². The van der Waals surface area contributed by atoms with Crippen LogP contribution in [-0.2, 0) is 14.8 Å². The molecule has 1 aromatic rings. The fraction of sp³-hybridized carbons (Fsp3) is 0.500. The Hall–Kier alpha value is -1.47. The van der Waals surface area contributed by atoms with E-state index in [-0.39, 0.29) is 12.5 Å². The fourth-order valence-corrected chi connectivity index (χ4v) is 3.09. The SMILES string of the molecule is Cc1ccc(S(=O)(=O)NCC(CC(C)C)C(=O)O)c(F)c1. The van der Waals surface area contributed by atoms with Crippen molar-refractivity contribution in [2.75, 3.05) is 6.54 Å². The number of halogens is 1. The summed E-state index contributed by atoms with van der Waals surface area (Å²) in [6.45, 7) is 5.09. The molecule has 1 aromatic carbocycles. The number of carboxylic acid groups (broad SMARTS) is 1. The van der Waals surface area contributed by atoms with Crippen LogP contribution in [0.1, 0.15) is 25.8 Å². The molecule has 7 heteroatoms. The molecule has 0 bridgehead atoms. The second kappa shape index (κ2) is 7.00. The van der Waals surface area contributed by atoms with Crippen molar-refractivity contribution in [1.29, 1.82) is 0 Å². The van der Waals surface area contributed by atoms with Crippen LogP contribution in [0.15, 0.2) is 23.1 Å². The highest BCUT2D eigenvalue weighted by molar-refractivity contribution is 7.89. The summed E-state index contributed by atoms with van der Waals surface area (Å²) in [7, 11) is -4.06. The topological polar surface area (TPSA) is 83.5 Å². The van der Waals surface area contributed by atoms with Crippen molar-refractivity contribution >= 4 is 16.0 Å². The maximum atomic E-state index is 13.7. The van der Waals surface area contributed by atoms with Crippen LogP contribution in [0.25, 0.3) is 0 Å². The molecule has 1 unspecified atom stereocenters. The molecule has 118 valence electrons. The molecule has 0 fully saturated rings. The summed E-state index contributed by atoms with van der Waals surface area (Å²) in [4.78, 5) is 10.6. The Labute approximate surface area is 124 Å². The Morgan fingerprint density at radius 3 is 2.48 bits per heavy atom. The smallest absolute Gasteiger partial charge is 0.307 e. The van der Waals surface area contributed by atoms with Crippen molar-refractivity contribution < 1.29 is 22.7 Å². The van der Waals surface area contributed by atoms with E-state index in [0.29, 0.717) is 12.0 Å². The van der Waals surface area contributed by atoms with Crippen LogP contribution in [0.5, 0.6) is 0 Å². The van der Waals surface area contributed by atoms with Gasteiger partial charge in [0.25, 0.3) is 0 Å². The number of hydrogen-bond acceptors (Lipinski definition) is 3. The lowest BCUT2D eigenvalue weighted by atomic mass is 9.98. The van der Waals surface area contributed by atoms with Crippen molar-refractivity contribution in [2.24, 2.45) is 11.8 Å². The Morgan fingerprint density at radius 1 is 1.38 bits per heavy atom. The lowest BCUT2D eigenvalue weighted by Gasteiger charge is -2.15. The summed E-state index contributed by atoms with van der Waals surface area (Å²) in [6, 6.07) is 3.78. The fourth-order valence-electron chi connectivity index (χ4n) is 1.95. The summed E-state index contributed by atoms with van der Waals surface area (Å²) >= 11 is 0. The lowest BCUT2D eigenvalue weighted by molar-refractivity contribution is -0.142. The van der Waals surface area contributed by atoms with Gasteiger partial charge in [0, 0.05) is 6.54 Å². The number of sulfonamides is 1. The molecule has 0 saturated carbocycles. The van der Waals surface area contributed by atoms with Crippen molar-refractivity contribution in [2.45, 2.75) is 32.1 Å². The molecule has 1 rings (SSSR count). The second-order valence-corrected chi connectivity index (χ2v) is 7.19. The Balaban J connectivity index is 2.87. The molecule has 0 radical (unpaired) electrons. The maximum absolute atomic E-state index is 13.7. The number of aliphatic carboxylic acids is 1. The first-order valence-electron chi connectivity index (χ1n) is 6.62. The van der Waals surface area contributed by atoms with Crippen molar-refractivity contribution in [3.8, 4) is 0 Å². The predicted octanol–water partition coefficient (Wildman–Crippen LogP) is 2.16. The molecule has 21 heavy (non-hydrogen) atoms. The molecule has 0 heterocycles. The van der Waals surface area contributed by atoms with Gasteiger partial charge in [-0.3, -0.25) is 4.79 Å². The molecule has 0 aliphatic heterocycles. The molecule has 0 aromatic heterocycles. The van der Waals surface area contributed by atoms with Gasteiger partial charge < -0.3 is 5.11 Å². The molecule has 0 aliphatic rings. The standard InChI is InChI=1S/C14H20FNO4S/c1-9(2)6-11(14(17)18)8-16-21(19,20)13-5-4-10(3)7-12(13)15/h4-5,7,9,11,16H,6,8H2,1-3H3,(H,17,18). The number of aryl methyl sites for hydroxylation is 1. The molecule has 2 N–H and O–H groups in total. The van der Waals surface area contributed by atoms with E-state index in [1.807, 2.05) is 13.8 Å². The minimum Gasteiger partial charge on any atom is -0.481 e. The highest BCUT2D eigenvalue weighted by Gasteiger charge is 2.24. The highest BCUT2D eigenvalue weighted by atomic mass is 32.2. The number of benzene rings is 1. The summed E-state index contributed by atoms with van der Waals surface area (Å²) in [6.07, 6.45) is 0.342. The average Bonchev–Trinajstić information content (AvgIpc) is 2.33. The molecule has 0 amide bonds. The molecule has 0 aliphatic carbocycles. The number of hydrogen-bond donors (Lipinski definition) is 2. The third-order valence-corrected chi connectivity index (χ3v) is 4.46. The first-order chi connectivity index (χ1) is 9.63. The van der Waals surface area contributed by atoms with E-state index in [1.54, 1.807) is 6.92 Å². The van der Waals surface area contributed by atoms with Gasteiger partial charge in [0.2, 0.25) is 10.0 Å². The van der Waals surface area contributed by atoms with Crippen LogP contribution in [0, 0.1) is 24.6 Å². The predicted molar refractivity (Wildman–Crippen MR) is 76.9 cm³/mol. The normalized spacial score (nSPS) is 13.4. The van der Waals surface area contributed by atoms with Crippen molar-refractivity contribution in [3.63, 3.8) is 0 Å². The van der Waals surface area contributed by atoms with E-state index in [1.165, 1.54) is 12.1 Å². The summed E-state index contributed by atoms with van der Waals surface area (Å²) < 4.78 is 39.9. The lowest BCUT2D eigenvalue weighted by Crippen LogP contribution is -2.34. The van der Waals surface area contributed by atoms with Gasteiger partial charge in [-0.25, -0.2) is 17.5 Å². The first-order valence-corrected chi connectivity index (χ1v) is 8.10. The molecule has 5 nitrogen and oxygen atoms in total. The van der Waals surface area contributed by atoms with Gasteiger partial charge in [-0.1, -0.05) is 19.9 Å². The highest BCUT2D eigenvalue weighted by Crippen LogP contribution is 2.17. The zero-order valence-corrected chi connectivity index (χ0v) is 13.1. The quantitative estimate of drug-likeness (QED) is 0.807. The van der Waals surface area contributed by atoms with Gasteiger partial charge in [-0.15, -0.1) is 0 Å². The zero-order chi connectivity index (χ0) is 16.2. The van der Waals surface area contributed by atoms with Gasteiger partial charge in [0.15, 0.2) is 0 Å². The van der Waals surface area contributed by atoms with Crippen LogP contribution in [0.3, 0.4) is 0 Å². The van der Waals surface area contributed by atoms with E-state index in [2.05, 4.69) is 4.72 Å². The van der Waals surface area contributed by atoms with Crippen LogP contribution in [-0.4, -0.2) is 26.0 Å². The zero-order valence-electron chi connectivity index (χ0n) is 12.3. The largest absolute Gasteiger partial charge is 0.481 e. The third-order valence-electron chi connectivity index (χ3n) is 3.00. The summed E-state index contributed by atoms with van der Waals surface area (Å²) in [5, 5.41) is 9.07. The number of rotatable bonds is 7. The summed E-state index contributed by atoms with van der Waals surface area (Å²) in [5.74, 6) is -2.64. The summed E-state index contributed by atoms with van der Waals surface area (Å²) in [5.41, 5.74) is 0.606. The Morgan fingerprint density at radius 2 is 2.00 bits per heavy atom. The maximum Gasteiger partial charge on any atom is 0.307 e. The van der Waals surface area contributed by atoms with Crippen LogP contribution in [0.4, 0.5) is 4.39 Å². The second-order valence-electron chi connectivity index (χ2n) is 5.45. The molecule has 0 saturated heterocycles. The van der Waals surface area contributed by atoms with E-state index in [4.69, 9.17) is 5.11 Å². The van der Waals surface area contributed by atoms with Crippen molar-refractivity contribution in [3.05, 3.63) is 29.6 Å². The minimum absolute atomic E-state index is 0.117. The number of carbonyl (C=O) groups is 1. The molecule has 1 atom stereocenters. The van der Waals surface area contributed by atoms with Crippen LogP contribution < -0.4 is 4.72 Å². The molecular formula is C14H20FNO4S. The Bertz CT molecular complexity index is 613.